The van der Waals surface area contributed by atoms with E-state index in [2.05, 4.69) is 10.3 Å². The van der Waals surface area contributed by atoms with E-state index in [4.69, 9.17) is 0 Å². The molecule has 3 aromatic rings. The number of aromatic nitrogens is 2. The van der Waals surface area contributed by atoms with E-state index in [0.29, 0.717) is 12.3 Å². The molecule has 1 aliphatic carbocycles. The van der Waals surface area contributed by atoms with Crippen LogP contribution in [0.2, 0.25) is 0 Å². The van der Waals surface area contributed by atoms with Crippen molar-refractivity contribution in [2.45, 2.75) is 51.0 Å². The van der Waals surface area contributed by atoms with Crippen LogP contribution in [0.5, 0.6) is 0 Å². The number of anilines is 1. The molecule has 156 valence electrons. The predicted molar refractivity (Wildman–Crippen MR) is 116 cm³/mol. The van der Waals surface area contributed by atoms with Crippen LogP contribution in [-0.2, 0) is 9.59 Å². The second kappa shape index (κ2) is 9.11. The topological polar surface area (TPSA) is 84.2 Å². The first-order valence-corrected chi connectivity index (χ1v) is 10.6. The molecule has 2 N–H and O–H groups in total. The highest BCUT2D eigenvalue weighted by Crippen LogP contribution is 2.29. The second-order valence-corrected chi connectivity index (χ2v) is 8.14. The van der Waals surface area contributed by atoms with Crippen LogP contribution in [0.1, 0.15) is 56.6 Å². The lowest BCUT2D eigenvalue weighted by molar-refractivity contribution is -0.137. The number of nitrogens with zero attached hydrogens (tertiary/aromatic N) is 2. The fourth-order valence-corrected chi connectivity index (χ4v) is 4.44. The molecule has 2 aromatic carbocycles. The lowest BCUT2D eigenvalue weighted by Gasteiger charge is -2.21. The van der Waals surface area contributed by atoms with Crippen LogP contribution in [0.15, 0.2) is 54.9 Å². The molecular formula is C24H27N3O3. The Morgan fingerprint density at radius 3 is 2.60 bits per heavy atom. The number of carboxylic acids is 1. The lowest BCUT2D eigenvalue weighted by atomic mass is 9.87. The van der Waals surface area contributed by atoms with E-state index >= 15 is 0 Å². The maximum atomic E-state index is 12.4. The van der Waals surface area contributed by atoms with Crippen molar-refractivity contribution in [3.63, 3.8) is 0 Å². The van der Waals surface area contributed by atoms with Gasteiger partial charge in [0.15, 0.2) is 0 Å². The van der Waals surface area contributed by atoms with Crippen molar-refractivity contribution in [1.29, 1.82) is 0 Å². The van der Waals surface area contributed by atoms with Crippen molar-refractivity contribution in [3.05, 3.63) is 60.4 Å². The number of carbonyl (C=O) groups is 2. The molecule has 0 bridgehead atoms. The standard InChI is InChI=1S/C24H27N3O3/c28-23(13-17-7-3-1-4-8-17)26-19-11-12-21-20(14-19)25-16-27(21)22(15-24(29)30)18-9-5-2-6-10-18/h2,5-6,9-12,14,16-17,22H,1,3-4,7-8,13,15H2,(H,26,28)(H,29,30). The van der Waals surface area contributed by atoms with Gasteiger partial charge in [0.25, 0.3) is 0 Å². The van der Waals surface area contributed by atoms with Gasteiger partial charge in [-0.15, -0.1) is 0 Å². The maximum Gasteiger partial charge on any atom is 0.305 e. The molecule has 1 amide bonds. The summed E-state index contributed by atoms with van der Waals surface area (Å²) in [6.07, 6.45) is 8.22. The summed E-state index contributed by atoms with van der Waals surface area (Å²) < 4.78 is 1.90. The third kappa shape index (κ3) is 4.70. The number of amides is 1. The van der Waals surface area contributed by atoms with E-state index in [1.165, 1.54) is 19.3 Å². The maximum absolute atomic E-state index is 12.4. The van der Waals surface area contributed by atoms with Crippen LogP contribution >= 0.6 is 0 Å². The molecule has 1 saturated carbocycles. The van der Waals surface area contributed by atoms with Crippen LogP contribution < -0.4 is 5.32 Å². The van der Waals surface area contributed by atoms with Crippen molar-refractivity contribution in [2.24, 2.45) is 5.92 Å². The molecule has 0 aliphatic heterocycles. The Balaban J connectivity index is 1.53. The molecule has 30 heavy (non-hydrogen) atoms. The molecule has 1 atom stereocenters. The summed E-state index contributed by atoms with van der Waals surface area (Å²) in [7, 11) is 0. The number of carbonyl (C=O) groups excluding carboxylic acids is 1. The first kappa shape index (κ1) is 20.1. The smallest absolute Gasteiger partial charge is 0.305 e. The normalized spacial score (nSPS) is 15.7. The van der Waals surface area contributed by atoms with E-state index < -0.39 is 5.97 Å². The van der Waals surface area contributed by atoms with E-state index in [1.807, 2.05) is 53.1 Å². The number of fused-ring (bicyclic) bond motifs is 1. The molecule has 6 nitrogen and oxygen atoms in total. The monoisotopic (exact) mass is 405 g/mol. The van der Waals surface area contributed by atoms with Gasteiger partial charge in [0.2, 0.25) is 5.91 Å². The number of benzene rings is 2. The van der Waals surface area contributed by atoms with Crippen molar-refractivity contribution in [2.75, 3.05) is 5.32 Å². The van der Waals surface area contributed by atoms with Crippen LogP contribution in [0.25, 0.3) is 11.0 Å². The van der Waals surface area contributed by atoms with E-state index in [1.54, 1.807) is 6.33 Å². The molecule has 0 spiro atoms. The summed E-state index contributed by atoms with van der Waals surface area (Å²) in [5.74, 6) is -0.324. The molecule has 4 rings (SSSR count). The molecule has 1 aliphatic rings. The summed E-state index contributed by atoms with van der Waals surface area (Å²) >= 11 is 0. The first-order valence-electron chi connectivity index (χ1n) is 10.6. The van der Waals surface area contributed by atoms with Gasteiger partial charge in [-0.3, -0.25) is 9.59 Å². The van der Waals surface area contributed by atoms with Gasteiger partial charge < -0.3 is 15.0 Å². The van der Waals surface area contributed by atoms with Crippen LogP contribution in [0, 0.1) is 5.92 Å². The molecule has 0 radical (unpaired) electrons. The Labute approximate surface area is 175 Å². The van der Waals surface area contributed by atoms with Gasteiger partial charge in [0.1, 0.15) is 0 Å². The number of rotatable bonds is 7. The third-order valence-corrected chi connectivity index (χ3v) is 5.95. The Morgan fingerprint density at radius 1 is 1.10 bits per heavy atom. The predicted octanol–water partition coefficient (Wildman–Crippen LogP) is 5.01. The van der Waals surface area contributed by atoms with Crippen molar-refractivity contribution < 1.29 is 14.7 Å². The summed E-state index contributed by atoms with van der Waals surface area (Å²) in [6.45, 7) is 0. The van der Waals surface area contributed by atoms with E-state index in [-0.39, 0.29) is 18.4 Å². The molecule has 1 unspecified atom stereocenters. The van der Waals surface area contributed by atoms with E-state index in [0.717, 1.165) is 35.1 Å². The number of nitrogens with one attached hydrogen (secondary N) is 1. The summed E-state index contributed by atoms with van der Waals surface area (Å²) in [5, 5.41) is 12.4. The highest BCUT2D eigenvalue weighted by atomic mass is 16.4. The van der Waals surface area contributed by atoms with E-state index in [9.17, 15) is 14.7 Å². The minimum absolute atomic E-state index is 0.0324. The van der Waals surface area contributed by atoms with Gasteiger partial charge in [0.05, 0.1) is 29.8 Å². The Bertz CT molecular complexity index is 1020. The molecule has 1 fully saturated rings. The number of aliphatic carboxylic acids is 1. The fourth-order valence-electron chi connectivity index (χ4n) is 4.44. The first-order chi connectivity index (χ1) is 14.6. The SMILES string of the molecule is O=C(O)CC(c1ccccc1)n1cnc2cc(NC(=O)CC3CCCCC3)ccc21. The van der Waals surface area contributed by atoms with Gasteiger partial charge in [-0.1, -0.05) is 49.6 Å². The minimum Gasteiger partial charge on any atom is -0.481 e. The fraction of sp³-hybridized carbons (Fsp3) is 0.375. The number of carboxylic acid groups (broad SMARTS) is 1. The van der Waals surface area contributed by atoms with Crippen LogP contribution in [-0.4, -0.2) is 26.5 Å². The average Bonchev–Trinajstić information content (AvgIpc) is 3.16. The third-order valence-electron chi connectivity index (χ3n) is 5.95. The Morgan fingerprint density at radius 2 is 1.87 bits per heavy atom. The quantitative estimate of drug-likeness (QED) is 0.579. The largest absolute Gasteiger partial charge is 0.481 e. The van der Waals surface area contributed by atoms with Gasteiger partial charge in [-0.25, -0.2) is 4.98 Å². The van der Waals surface area contributed by atoms with Gasteiger partial charge in [-0.2, -0.15) is 0 Å². The molecule has 6 heteroatoms. The van der Waals surface area contributed by atoms with Gasteiger partial charge >= 0.3 is 5.97 Å². The summed E-state index contributed by atoms with van der Waals surface area (Å²) in [4.78, 5) is 28.4. The highest BCUT2D eigenvalue weighted by molar-refractivity contribution is 5.93. The molecule has 1 heterocycles. The minimum atomic E-state index is -0.864. The van der Waals surface area contributed by atoms with Crippen LogP contribution in [0.3, 0.4) is 0 Å². The van der Waals surface area contributed by atoms with Crippen molar-refractivity contribution in [3.8, 4) is 0 Å². The average molecular weight is 405 g/mol. The molecule has 1 aromatic heterocycles. The lowest BCUT2D eigenvalue weighted by Crippen LogP contribution is -2.18. The Kier molecular flexibility index (Phi) is 6.12. The van der Waals surface area contributed by atoms with Crippen molar-refractivity contribution in [1.82, 2.24) is 9.55 Å². The zero-order valence-electron chi connectivity index (χ0n) is 17.0. The second-order valence-electron chi connectivity index (χ2n) is 8.14. The van der Waals surface area contributed by atoms with Crippen molar-refractivity contribution >= 4 is 28.6 Å². The van der Waals surface area contributed by atoms with Gasteiger partial charge in [-0.05, 0) is 42.5 Å². The molecular weight excluding hydrogens is 378 g/mol. The Hall–Kier alpha value is -3.15. The zero-order chi connectivity index (χ0) is 20.9. The number of imidazole rings is 1. The number of hydrogen-bond acceptors (Lipinski definition) is 3. The van der Waals surface area contributed by atoms with Gasteiger partial charge in [0, 0.05) is 12.1 Å². The molecule has 0 saturated heterocycles. The highest BCUT2D eigenvalue weighted by Gasteiger charge is 2.20. The summed E-state index contributed by atoms with van der Waals surface area (Å²) in [5.41, 5.74) is 3.22. The number of hydrogen-bond donors (Lipinski definition) is 2. The zero-order valence-corrected chi connectivity index (χ0v) is 17.0. The van der Waals surface area contributed by atoms with Crippen LogP contribution in [0.4, 0.5) is 5.69 Å². The summed E-state index contributed by atoms with van der Waals surface area (Å²) in [6, 6.07) is 14.9.